The average Bonchev–Trinajstić information content (AvgIpc) is 2.60. The molecule has 5 rings (SSSR count). The number of ether oxygens (including phenoxy) is 1. The molecule has 10 heteroatoms. The van der Waals surface area contributed by atoms with Crippen molar-refractivity contribution < 1.29 is 27.1 Å². The number of urea groups is 1. The Morgan fingerprint density at radius 3 is 2.55 bits per heavy atom. The Kier molecular flexibility index (Phi) is 4.91. The summed E-state index contributed by atoms with van der Waals surface area (Å²) in [6, 6.07) is 2.94. The van der Waals surface area contributed by atoms with Gasteiger partial charge in [0.15, 0.2) is 0 Å². The van der Waals surface area contributed by atoms with Crippen LogP contribution in [0.25, 0.3) is 0 Å². The van der Waals surface area contributed by atoms with Crippen molar-refractivity contribution in [3.05, 3.63) is 35.1 Å². The molecule has 0 bridgehead atoms. The number of halogens is 4. The SMILES string of the molecule is C=S1COCC2(CN(C(=O)N3CC4(CC(Cc5ccc(F)cc5C(F)(F)F)C4)C3)C2)N1. The third kappa shape index (κ3) is 3.87. The van der Waals surface area contributed by atoms with E-state index in [0.29, 0.717) is 44.8 Å². The van der Waals surface area contributed by atoms with Crippen LogP contribution in [0.3, 0.4) is 0 Å². The predicted octanol–water partition coefficient (Wildman–Crippen LogP) is 3.47. The number of amides is 2. The van der Waals surface area contributed by atoms with E-state index in [9.17, 15) is 22.4 Å². The second kappa shape index (κ2) is 7.18. The number of carbonyl (C=O) groups is 1. The van der Waals surface area contributed by atoms with Gasteiger partial charge in [-0.15, -0.1) is 10.7 Å². The van der Waals surface area contributed by atoms with Crippen LogP contribution in [0.4, 0.5) is 22.4 Å². The number of carbonyl (C=O) groups excluding carboxylic acids is 1. The number of benzene rings is 1. The highest BCUT2D eigenvalue weighted by molar-refractivity contribution is 8.12. The lowest BCUT2D eigenvalue weighted by Crippen LogP contribution is -2.76. The first-order chi connectivity index (χ1) is 14.6. The Bertz CT molecular complexity index is 918. The molecular formula is C21H25F4N3O2S. The van der Waals surface area contributed by atoms with E-state index in [-0.39, 0.29) is 45.6 Å². The van der Waals surface area contributed by atoms with Crippen LogP contribution < -0.4 is 4.72 Å². The van der Waals surface area contributed by atoms with Crippen LogP contribution in [-0.2, 0) is 17.3 Å². The second-order valence-corrected chi connectivity index (χ2v) is 11.0. The van der Waals surface area contributed by atoms with Gasteiger partial charge in [-0.2, -0.15) is 13.2 Å². The molecule has 1 aromatic rings. The van der Waals surface area contributed by atoms with Crippen LogP contribution in [0, 0.1) is 17.2 Å². The molecule has 1 N–H and O–H groups in total. The van der Waals surface area contributed by atoms with E-state index in [2.05, 4.69) is 10.6 Å². The first-order valence-corrected chi connectivity index (χ1v) is 11.9. The summed E-state index contributed by atoms with van der Waals surface area (Å²) in [6.45, 7) is 3.13. The highest BCUT2D eigenvalue weighted by Crippen LogP contribution is 2.53. The van der Waals surface area contributed by atoms with Gasteiger partial charge in [0.25, 0.3) is 0 Å². The molecule has 5 nitrogen and oxygen atoms in total. The standard InChI is InChI=1S/C21H25F4N3O2S/c1-31-13-30-12-20(26-31)10-28(11-20)18(29)27-8-19(9-27)6-14(7-19)4-15-2-3-16(22)5-17(15)21(23,24)25/h2-3,5,14,26H,1,4,6-13H2. The van der Waals surface area contributed by atoms with Gasteiger partial charge in [-0.25, -0.2) is 9.18 Å². The van der Waals surface area contributed by atoms with Gasteiger partial charge in [-0.3, -0.25) is 4.72 Å². The summed E-state index contributed by atoms with van der Waals surface area (Å²) in [4.78, 5) is 16.4. The van der Waals surface area contributed by atoms with Gasteiger partial charge >= 0.3 is 12.2 Å². The third-order valence-electron chi connectivity index (χ3n) is 6.87. The molecule has 1 atom stereocenters. The van der Waals surface area contributed by atoms with E-state index in [1.165, 1.54) is 6.07 Å². The van der Waals surface area contributed by atoms with E-state index < -0.39 is 17.6 Å². The quantitative estimate of drug-likeness (QED) is 0.544. The minimum atomic E-state index is -4.56. The third-order valence-corrected chi connectivity index (χ3v) is 8.05. The highest BCUT2D eigenvalue weighted by Gasteiger charge is 2.56. The molecule has 3 aliphatic heterocycles. The van der Waals surface area contributed by atoms with Gasteiger partial charge in [0.2, 0.25) is 0 Å². The summed E-state index contributed by atoms with van der Waals surface area (Å²) in [7, 11) is -0.235. The van der Waals surface area contributed by atoms with Crippen LogP contribution in [-0.4, -0.2) is 66.0 Å². The summed E-state index contributed by atoms with van der Waals surface area (Å²) in [5.41, 5.74) is -0.865. The molecule has 1 saturated carbocycles. The predicted molar refractivity (Wildman–Crippen MR) is 110 cm³/mol. The van der Waals surface area contributed by atoms with Crippen molar-refractivity contribution in [2.75, 3.05) is 38.7 Å². The average molecular weight is 460 g/mol. The zero-order chi connectivity index (χ0) is 22.0. The van der Waals surface area contributed by atoms with Gasteiger partial charge in [0, 0.05) is 31.6 Å². The lowest BCUT2D eigenvalue weighted by molar-refractivity contribution is -0.138. The van der Waals surface area contributed by atoms with Crippen molar-refractivity contribution in [2.24, 2.45) is 11.3 Å². The largest absolute Gasteiger partial charge is 0.416 e. The lowest BCUT2D eigenvalue weighted by Gasteiger charge is -2.61. The zero-order valence-electron chi connectivity index (χ0n) is 17.0. The number of hydrogen-bond acceptors (Lipinski definition) is 3. The topological polar surface area (TPSA) is 44.8 Å². The number of nitrogens with one attached hydrogen (secondary N) is 1. The minimum Gasteiger partial charge on any atom is -0.368 e. The number of rotatable bonds is 2. The highest BCUT2D eigenvalue weighted by atomic mass is 32.2. The maximum Gasteiger partial charge on any atom is 0.416 e. The minimum absolute atomic E-state index is 0.0221. The fraction of sp³-hybridized carbons (Fsp3) is 0.619. The zero-order valence-corrected chi connectivity index (χ0v) is 17.8. The molecule has 0 radical (unpaired) electrons. The van der Waals surface area contributed by atoms with E-state index in [4.69, 9.17) is 4.74 Å². The summed E-state index contributed by atoms with van der Waals surface area (Å²) in [5, 5.41) is 0. The van der Waals surface area contributed by atoms with Crippen molar-refractivity contribution in [3.8, 4) is 0 Å². The summed E-state index contributed by atoms with van der Waals surface area (Å²) >= 11 is 0. The normalized spacial score (nSPS) is 27.0. The number of nitrogens with zero attached hydrogens (tertiary/aromatic N) is 2. The Hall–Kier alpha value is -1.65. The van der Waals surface area contributed by atoms with Crippen LogP contribution in [0.15, 0.2) is 18.2 Å². The Morgan fingerprint density at radius 1 is 1.23 bits per heavy atom. The Balaban J connectivity index is 1.11. The smallest absolute Gasteiger partial charge is 0.368 e. The van der Waals surface area contributed by atoms with Gasteiger partial charge in [0.1, 0.15) is 5.82 Å². The lowest BCUT2D eigenvalue weighted by atomic mass is 9.56. The van der Waals surface area contributed by atoms with Crippen molar-refractivity contribution in [1.82, 2.24) is 14.5 Å². The Morgan fingerprint density at radius 2 is 1.90 bits per heavy atom. The monoisotopic (exact) mass is 459 g/mol. The molecule has 1 unspecified atom stereocenters. The fourth-order valence-corrected chi connectivity index (χ4v) is 6.79. The van der Waals surface area contributed by atoms with E-state index in [0.717, 1.165) is 18.9 Å². The first kappa shape index (κ1) is 21.2. The molecule has 4 aliphatic rings. The summed E-state index contributed by atoms with van der Waals surface area (Å²) < 4.78 is 61.9. The Labute approximate surface area is 180 Å². The molecule has 2 amide bonds. The summed E-state index contributed by atoms with van der Waals surface area (Å²) in [5.74, 6) is 3.87. The van der Waals surface area contributed by atoms with E-state index >= 15 is 0 Å². The number of alkyl halides is 3. The van der Waals surface area contributed by atoms with Crippen molar-refractivity contribution >= 4 is 22.6 Å². The number of hydrogen-bond donors (Lipinski definition) is 1. The maximum absolute atomic E-state index is 13.3. The number of likely N-dealkylation sites (tertiary alicyclic amines) is 2. The molecule has 0 aromatic heterocycles. The molecule has 3 heterocycles. The van der Waals surface area contributed by atoms with Gasteiger partial charge in [-0.1, -0.05) is 11.9 Å². The molecule has 3 saturated heterocycles. The molecule has 31 heavy (non-hydrogen) atoms. The molecule has 1 aliphatic carbocycles. The molecule has 2 spiro atoms. The maximum atomic E-state index is 13.3. The van der Waals surface area contributed by atoms with Crippen molar-refractivity contribution in [1.29, 1.82) is 0 Å². The first-order valence-electron chi connectivity index (χ1n) is 10.3. The van der Waals surface area contributed by atoms with Crippen LogP contribution in [0.2, 0.25) is 0 Å². The molecule has 1 aromatic carbocycles. The molecular weight excluding hydrogens is 434 g/mol. The summed E-state index contributed by atoms with van der Waals surface area (Å²) in [6.07, 6.45) is -2.66. The molecule has 4 fully saturated rings. The van der Waals surface area contributed by atoms with Crippen molar-refractivity contribution in [2.45, 2.75) is 31.0 Å². The van der Waals surface area contributed by atoms with Gasteiger partial charge < -0.3 is 14.5 Å². The van der Waals surface area contributed by atoms with E-state index in [1.807, 2.05) is 9.80 Å². The molecule has 170 valence electrons. The van der Waals surface area contributed by atoms with Crippen LogP contribution >= 0.6 is 10.7 Å². The van der Waals surface area contributed by atoms with Crippen LogP contribution in [0.1, 0.15) is 24.0 Å². The van der Waals surface area contributed by atoms with E-state index in [1.54, 1.807) is 0 Å². The second-order valence-electron chi connectivity index (χ2n) is 9.61. The fourth-order valence-electron chi connectivity index (χ4n) is 5.65. The van der Waals surface area contributed by atoms with Crippen molar-refractivity contribution in [3.63, 3.8) is 0 Å². The van der Waals surface area contributed by atoms with Gasteiger partial charge in [0.05, 0.1) is 23.6 Å². The van der Waals surface area contributed by atoms with Crippen LogP contribution in [0.5, 0.6) is 0 Å². The van der Waals surface area contributed by atoms with Gasteiger partial charge in [-0.05, 0) is 42.9 Å².